The minimum Gasteiger partial charge on any atom is -0.496 e. The van der Waals surface area contributed by atoms with Gasteiger partial charge < -0.3 is 19.5 Å². The number of para-hydroxylation sites is 1. The summed E-state index contributed by atoms with van der Waals surface area (Å²) in [4.78, 5) is 8.86. The molecule has 0 spiro atoms. The number of hydrogen-bond donors (Lipinski definition) is 1. The molecule has 2 aromatic heterocycles. The van der Waals surface area contributed by atoms with Crippen LogP contribution in [0.2, 0.25) is 0 Å². The maximum absolute atomic E-state index is 6.06. The third-order valence-electron chi connectivity index (χ3n) is 4.39. The van der Waals surface area contributed by atoms with Crippen molar-refractivity contribution in [3.63, 3.8) is 0 Å². The Morgan fingerprint density at radius 1 is 1.20 bits per heavy atom. The first kappa shape index (κ1) is 15.3. The van der Waals surface area contributed by atoms with Crippen molar-refractivity contribution in [1.82, 2.24) is 14.5 Å². The second-order valence-electron chi connectivity index (χ2n) is 5.89. The van der Waals surface area contributed by atoms with Gasteiger partial charge in [0.25, 0.3) is 0 Å². The van der Waals surface area contributed by atoms with Crippen LogP contribution in [0.25, 0.3) is 33.7 Å². The molecule has 0 saturated heterocycles. The van der Waals surface area contributed by atoms with Crippen LogP contribution in [-0.2, 0) is 7.05 Å². The Morgan fingerprint density at radius 2 is 2.04 bits per heavy atom. The molecule has 0 saturated carbocycles. The molecule has 0 aliphatic rings. The van der Waals surface area contributed by atoms with Crippen molar-refractivity contribution in [2.45, 2.75) is 6.92 Å². The number of nitrogen functional groups attached to an aromatic ring is 1. The highest BCUT2D eigenvalue weighted by atomic mass is 16.5. The van der Waals surface area contributed by atoms with E-state index in [-0.39, 0.29) is 0 Å². The highest BCUT2D eigenvalue weighted by Crippen LogP contribution is 2.36. The number of oxazole rings is 1. The molecular weight excluding hydrogens is 316 g/mol. The van der Waals surface area contributed by atoms with E-state index in [1.165, 1.54) is 6.39 Å². The average Bonchev–Trinajstić information content (AvgIpc) is 3.19. The number of rotatable bonds is 3. The molecule has 6 heteroatoms. The maximum atomic E-state index is 6.06. The van der Waals surface area contributed by atoms with Crippen LogP contribution in [0.1, 0.15) is 5.69 Å². The van der Waals surface area contributed by atoms with Crippen molar-refractivity contribution in [2.75, 3.05) is 12.8 Å². The fraction of sp³-hybridized carbons (Fsp3) is 0.158. The molecule has 2 N–H and O–H groups in total. The second-order valence-corrected chi connectivity index (χ2v) is 5.89. The first-order valence-electron chi connectivity index (χ1n) is 7.90. The van der Waals surface area contributed by atoms with Crippen LogP contribution in [0.15, 0.2) is 47.2 Å². The summed E-state index contributed by atoms with van der Waals surface area (Å²) in [5.41, 5.74) is 11.1. The van der Waals surface area contributed by atoms with Crippen molar-refractivity contribution in [1.29, 1.82) is 0 Å². The zero-order valence-corrected chi connectivity index (χ0v) is 14.3. The van der Waals surface area contributed by atoms with E-state index in [1.807, 2.05) is 54.9 Å². The van der Waals surface area contributed by atoms with Gasteiger partial charge in [-0.2, -0.15) is 0 Å². The Kier molecular flexibility index (Phi) is 3.46. The fourth-order valence-electron chi connectivity index (χ4n) is 3.07. The number of nitrogens with zero attached hydrogens (tertiary/aromatic N) is 3. The van der Waals surface area contributed by atoms with Gasteiger partial charge in [-0.3, -0.25) is 0 Å². The molecule has 0 radical (unpaired) electrons. The van der Waals surface area contributed by atoms with Gasteiger partial charge in [0.2, 0.25) is 0 Å². The van der Waals surface area contributed by atoms with Gasteiger partial charge in [-0.25, -0.2) is 9.97 Å². The molecule has 126 valence electrons. The largest absolute Gasteiger partial charge is 0.496 e. The summed E-state index contributed by atoms with van der Waals surface area (Å²) in [5.74, 6) is 2.24. The predicted octanol–water partition coefficient (Wildman–Crippen LogP) is 3.79. The van der Waals surface area contributed by atoms with E-state index in [0.717, 1.165) is 33.7 Å². The zero-order valence-electron chi connectivity index (χ0n) is 14.3. The maximum Gasteiger partial charge on any atom is 0.181 e. The fourth-order valence-corrected chi connectivity index (χ4v) is 3.07. The number of fused-ring (bicyclic) bond motifs is 1. The lowest BCUT2D eigenvalue weighted by Gasteiger charge is -2.09. The second kappa shape index (κ2) is 5.66. The van der Waals surface area contributed by atoms with Crippen molar-refractivity contribution in [3.8, 4) is 28.5 Å². The van der Waals surface area contributed by atoms with E-state index in [1.54, 1.807) is 7.11 Å². The predicted molar refractivity (Wildman–Crippen MR) is 97.3 cm³/mol. The summed E-state index contributed by atoms with van der Waals surface area (Å²) in [6, 6.07) is 11.7. The summed E-state index contributed by atoms with van der Waals surface area (Å²) < 4.78 is 13.1. The molecule has 0 amide bonds. The van der Waals surface area contributed by atoms with Crippen LogP contribution in [0.4, 0.5) is 5.69 Å². The van der Waals surface area contributed by atoms with Gasteiger partial charge in [-0.1, -0.05) is 12.1 Å². The first-order valence-corrected chi connectivity index (χ1v) is 7.90. The molecule has 0 aliphatic carbocycles. The molecule has 0 unspecified atom stereocenters. The van der Waals surface area contributed by atoms with Gasteiger partial charge in [0.05, 0.1) is 29.6 Å². The van der Waals surface area contributed by atoms with E-state index in [9.17, 15) is 0 Å². The van der Waals surface area contributed by atoms with Gasteiger partial charge in [0.1, 0.15) is 17.1 Å². The lowest BCUT2D eigenvalue weighted by atomic mass is 10.1. The molecule has 4 aromatic rings. The van der Waals surface area contributed by atoms with E-state index in [2.05, 4.69) is 4.98 Å². The number of aromatic nitrogens is 3. The molecule has 0 fully saturated rings. The Balaban J connectivity index is 1.89. The highest BCUT2D eigenvalue weighted by Gasteiger charge is 2.17. The van der Waals surface area contributed by atoms with Gasteiger partial charge in [0, 0.05) is 12.6 Å². The van der Waals surface area contributed by atoms with Gasteiger partial charge in [0.15, 0.2) is 12.2 Å². The summed E-state index contributed by atoms with van der Waals surface area (Å²) in [5, 5.41) is 0. The summed E-state index contributed by atoms with van der Waals surface area (Å²) in [6.07, 6.45) is 1.44. The van der Waals surface area contributed by atoms with Crippen LogP contribution in [0.5, 0.6) is 5.75 Å². The highest BCUT2D eigenvalue weighted by molar-refractivity contribution is 5.90. The first-order chi connectivity index (χ1) is 12.1. The average molecular weight is 334 g/mol. The van der Waals surface area contributed by atoms with E-state index >= 15 is 0 Å². The minimum atomic E-state index is 0.667. The Hall–Kier alpha value is -3.28. The van der Waals surface area contributed by atoms with Crippen molar-refractivity contribution < 1.29 is 9.15 Å². The Bertz CT molecular complexity index is 1080. The van der Waals surface area contributed by atoms with Crippen LogP contribution >= 0.6 is 0 Å². The number of hydrogen-bond acceptors (Lipinski definition) is 5. The monoisotopic (exact) mass is 334 g/mol. The van der Waals surface area contributed by atoms with E-state index in [0.29, 0.717) is 17.2 Å². The minimum absolute atomic E-state index is 0.667. The van der Waals surface area contributed by atoms with Crippen LogP contribution < -0.4 is 10.5 Å². The van der Waals surface area contributed by atoms with Crippen molar-refractivity contribution in [2.24, 2.45) is 7.05 Å². The number of ether oxygens (including phenoxy) is 1. The van der Waals surface area contributed by atoms with Crippen molar-refractivity contribution >= 4 is 16.7 Å². The molecular formula is C19H18N4O2. The third kappa shape index (κ3) is 2.34. The van der Waals surface area contributed by atoms with E-state index in [4.69, 9.17) is 19.9 Å². The molecule has 25 heavy (non-hydrogen) atoms. The van der Waals surface area contributed by atoms with Gasteiger partial charge in [-0.05, 0) is 31.2 Å². The van der Waals surface area contributed by atoms with Crippen LogP contribution in [-0.4, -0.2) is 21.6 Å². The Labute approximate surface area is 144 Å². The standard InChI is InChI=1S/C19H18N4O2/c1-11-18(25-10-21-11)13-8-7-12(9-16(13)24-3)19-22-17-14(20)5-4-6-15(17)23(19)2/h4-10H,20H2,1-3H3. The molecule has 0 aliphatic heterocycles. The van der Waals surface area contributed by atoms with Crippen LogP contribution in [0.3, 0.4) is 0 Å². The SMILES string of the molecule is COc1cc(-c2nc3c(N)cccc3n2C)ccc1-c1ocnc1C. The molecule has 2 aromatic carbocycles. The molecule has 0 bridgehead atoms. The van der Waals surface area contributed by atoms with Gasteiger partial charge in [-0.15, -0.1) is 0 Å². The third-order valence-corrected chi connectivity index (χ3v) is 4.39. The number of anilines is 1. The molecule has 4 rings (SSSR count). The quantitative estimate of drug-likeness (QED) is 0.577. The van der Waals surface area contributed by atoms with Crippen molar-refractivity contribution in [3.05, 3.63) is 48.5 Å². The van der Waals surface area contributed by atoms with Crippen LogP contribution in [0, 0.1) is 6.92 Å². The number of imidazole rings is 1. The lowest BCUT2D eigenvalue weighted by molar-refractivity contribution is 0.414. The number of benzene rings is 2. The molecule has 2 heterocycles. The number of methoxy groups -OCH3 is 1. The zero-order chi connectivity index (χ0) is 17.6. The number of aryl methyl sites for hydroxylation is 2. The summed E-state index contributed by atoms with van der Waals surface area (Å²) in [6.45, 7) is 1.90. The summed E-state index contributed by atoms with van der Waals surface area (Å²) >= 11 is 0. The molecule has 0 atom stereocenters. The van der Waals surface area contributed by atoms with E-state index < -0.39 is 0 Å². The smallest absolute Gasteiger partial charge is 0.181 e. The topological polar surface area (TPSA) is 79.1 Å². The van der Waals surface area contributed by atoms with Gasteiger partial charge >= 0.3 is 0 Å². The number of nitrogens with two attached hydrogens (primary N) is 1. The normalized spacial score (nSPS) is 11.2. The Morgan fingerprint density at radius 3 is 2.72 bits per heavy atom. The lowest BCUT2D eigenvalue weighted by Crippen LogP contribution is -1.95. The summed E-state index contributed by atoms with van der Waals surface area (Å²) in [7, 11) is 3.62. The molecule has 6 nitrogen and oxygen atoms in total.